The van der Waals surface area contributed by atoms with Crippen LogP contribution in [0.25, 0.3) is 0 Å². The van der Waals surface area contributed by atoms with E-state index in [0.29, 0.717) is 0 Å². The van der Waals surface area contributed by atoms with Crippen molar-refractivity contribution < 1.29 is 14.4 Å². The summed E-state index contributed by atoms with van der Waals surface area (Å²) in [5.41, 5.74) is 5.85. The first-order valence-electron chi connectivity index (χ1n) is 8.70. The van der Waals surface area contributed by atoms with Crippen LogP contribution in [0.4, 0.5) is 0 Å². The molecule has 27 heavy (non-hydrogen) atoms. The molecule has 0 atom stereocenters. The number of rotatable bonds is 8. The molecule has 2 rings (SSSR count). The second-order valence-electron chi connectivity index (χ2n) is 7.40. The zero-order valence-electron chi connectivity index (χ0n) is 16.2. The Balaban J connectivity index is 1.85. The van der Waals surface area contributed by atoms with Crippen molar-refractivity contribution >= 4 is 41.2 Å². The molecule has 1 aliphatic rings. The third-order valence-electron chi connectivity index (χ3n) is 4.84. The topological polar surface area (TPSA) is 92.5 Å². The lowest BCUT2D eigenvalue weighted by molar-refractivity contribution is -0.152. The van der Waals surface area contributed by atoms with Crippen LogP contribution in [-0.2, 0) is 14.4 Å². The number of benzene rings is 1. The highest BCUT2D eigenvalue weighted by Gasteiger charge is 2.52. The van der Waals surface area contributed by atoms with Crippen LogP contribution in [0.2, 0.25) is 0 Å². The van der Waals surface area contributed by atoms with Gasteiger partial charge in [0.05, 0.1) is 10.5 Å². The third-order valence-corrected chi connectivity index (χ3v) is 7.04. The standard InChI is InChI=1S/C19H27N3O3S2/c1-13-5-7-14(8-6-13)27-9-15(23)21-10-19(16(20)24)11-22(12-19)17(25)18(2,3)26-4/h5-8H,9-12H2,1-4H3,(H2,20,24)(H,21,23). The molecule has 1 saturated heterocycles. The lowest BCUT2D eigenvalue weighted by atomic mass is 9.78. The SMILES string of the molecule is CSC(C)(C)C(=O)N1CC(CNC(=O)CSc2ccc(C)cc2)(C(N)=O)C1. The molecular formula is C19H27N3O3S2. The monoisotopic (exact) mass is 409 g/mol. The third kappa shape index (κ3) is 5.19. The van der Waals surface area contributed by atoms with E-state index in [-0.39, 0.29) is 37.2 Å². The van der Waals surface area contributed by atoms with E-state index in [0.717, 1.165) is 4.90 Å². The van der Waals surface area contributed by atoms with E-state index in [1.54, 1.807) is 4.90 Å². The van der Waals surface area contributed by atoms with Crippen LogP contribution in [0.3, 0.4) is 0 Å². The summed E-state index contributed by atoms with van der Waals surface area (Å²) in [5.74, 6) is -0.399. The number of likely N-dealkylation sites (tertiary alicyclic amines) is 1. The normalized spacial score (nSPS) is 15.8. The van der Waals surface area contributed by atoms with E-state index >= 15 is 0 Å². The van der Waals surface area contributed by atoms with Gasteiger partial charge in [-0.15, -0.1) is 23.5 Å². The van der Waals surface area contributed by atoms with Crippen molar-refractivity contribution in [2.75, 3.05) is 31.6 Å². The minimum Gasteiger partial charge on any atom is -0.369 e. The van der Waals surface area contributed by atoms with Gasteiger partial charge in [-0.05, 0) is 39.2 Å². The molecule has 0 radical (unpaired) electrons. The summed E-state index contributed by atoms with van der Waals surface area (Å²) in [7, 11) is 0. The van der Waals surface area contributed by atoms with Crippen molar-refractivity contribution in [3.63, 3.8) is 0 Å². The van der Waals surface area contributed by atoms with Crippen molar-refractivity contribution in [2.45, 2.75) is 30.4 Å². The van der Waals surface area contributed by atoms with Crippen LogP contribution >= 0.6 is 23.5 Å². The molecule has 1 fully saturated rings. The van der Waals surface area contributed by atoms with E-state index in [4.69, 9.17) is 5.73 Å². The molecule has 0 unspecified atom stereocenters. The quantitative estimate of drug-likeness (QED) is 0.637. The van der Waals surface area contributed by atoms with Crippen molar-refractivity contribution in [2.24, 2.45) is 11.1 Å². The highest BCUT2D eigenvalue weighted by atomic mass is 32.2. The van der Waals surface area contributed by atoms with Gasteiger partial charge in [0.15, 0.2) is 0 Å². The highest BCUT2D eigenvalue weighted by Crippen LogP contribution is 2.34. The van der Waals surface area contributed by atoms with Crippen molar-refractivity contribution in [1.82, 2.24) is 10.2 Å². The molecule has 0 aromatic heterocycles. The molecule has 8 heteroatoms. The summed E-state index contributed by atoms with van der Waals surface area (Å²) >= 11 is 2.90. The maximum atomic E-state index is 12.5. The second kappa shape index (κ2) is 8.56. The number of primary amides is 1. The Morgan fingerprint density at radius 1 is 1.22 bits per heavy atom. The van der Waals surface area contributed by atoms with Crippen LogP contribution in [0.15, 0.2) is 29.2 Å². The minimum absolute atomic E-state index is 0.0203. The second-order valence-corrected chi connectivity index (χ2v) is 9.88. The number of aryl methyl sites for hydroxylation is 1. The van der Waals surface area contributed by atoms with E-state index in [2.05, 4.69) is 5.32 Å². The van der Waals surface area contributed by atoms with Gasteiger partial charge >= 0.3 is 0 Å². The first-order valence-corrected chi connectivity index (χ1v) is 10.9. The fourth-order valence-electron chi connectivity index (χ4n) is 2.75. The molecule has 1 aromatic rings. The van der Waals surface area contributed by atoms with Gasteiger partial charge in [0.2, 0.25) is 17.7 Å². The maximum absolute atomic E-state index is 12.5. The van der Waals surface area contributed by atoms with Crippen LogP contribution in [0.1, 0.15) is 19.4 Å². The molecule has 6 nitrogen and oxygen atoms in total. The van der Waals surface area contributed by atoms with Gasteiger partial charge in [0.1, 0.15) is 5.41 Å². The van der Waals surface area contributed by atoms with Crippen molar-refractivity contribution in [3.8, 4) is 0 Å². The lowest BCUT2D eigenvalue weighted by Gasteiger charge is -2.49. The first kappa shape index (κ1) is 21.6. The van der Waals surface area contributed by atoms with Gasteiger partial charge in [-0.1, -0.05) is 17.7 Å². The largest absolute Gasteiger partial charge is 0.369 e. The molecule has 3 amide bonds. The Labute approximate surface area is 169 Å². The van der Waals surface area contributed by atoms with Crippen LogP contribution in [0, 0.1) is 12.3 Å². The Bertz CT molecular complexity index is 713. The number of nitrogens with one attached hydrogen (secondary N) is 1. The van der Waals surface area contributed by atoms with E-state index < -0.39 is 16.1 Å². The molecule has 0 saturated carbocycles. The van der Waals surface area contributed by atoms with Gasteiger partial charge in [-0.3, -0.25) is 14.4 Å². The number of hydrogen-bond acceptors (Lipinski definition) is 5. The van der Waals surface area contributed by atoms with Gasteiger partial charge in [-0.25, -0.2) is 0 Å². The number of nitrogens with zero attached hydrogens (tertiary/aromatic N) is 1. The Morgan fingerprint density at radius 2 is 1.81 bits per heavy atom. The average Bonchev–Trinajstić information content (AvgIpc) is 2.59. The lowest BCUT2D eigenvalue weighted by Crippen LogP contribution is -2.69. The Morgan fingerprint density at radius 3 is 2.33 bits per heavy atom. The average molecular weight is 410 g/mol. The van der Waals surface area contributed by atoms with Gasteiger partial charge < -0.3 is 16.0 Å². The highest BCUT2D eigenvalue weighted by molar-refractivity contribution is 8.00. The number of amides is 3. The first-order chi connectivity index (χ1) is 12.6. The molecule has 1 heterocycles. The van der Waals surface area contributed by atoms with Gasteiger partial charge in [0, 0.05) is 24.5 Å². The van der Waals surface area contributed by atoms with Crippen LogP contribution in [0.5, 0.6) is 0 Å². The Kier molecular flexibility index (Phi) is 6.86. The molecule has 3 N–H and O–H groups in total. The zero-order valence-corrected chi connectivity index (χ0v) is 17.8. The molecule has 0 bridgehead atoms. The molecule has 1 aromatic carbocycles. The predicted molar refractivity (Wildman–Crippen MR) is 111 cm³/mol. The minimum atomic E-state index is -0.881. The van der Waals surface area contributed by atoms with Crippen molar-refractivity contribution in [1.29, 1.82) is 0 Å². The summed E-state index contributed by atoms with van der Waals surface area (Å²) in [6, 6.07) is 7.94. The summed E-state index contributed by atoms with van der Waals surface area (Å²) < 4.78 is -0.544. The van der Waals surface area contributed by atoms with Crippen molar-refractivity contribution in [3.05, 3.63) is 29.8 Å². The zero-order chi connectivity index (χ0) is 20.2. The number of thioether (sulfide) groups is 2. The predicted octanol–water partition coefficient (Wildman–Crippen LogP) is 1.66. The molecular weight excluding hydrogens is 382 g/mol. The summed E-state index contributed by atoms with van der Waals surface area (Å²) in [5, 5.41) is 2.80. The molecule has 0 spiro atoms. The number of carbonyl (C=O) groups excluding carboxylic acids is 3. The Hall–Kier alpha value is -1.67. The summed E-state index contributed by atoms with van der Waals surface area (Å²) in [4.78, 5) is 39.2. The van der Waals surface area contributed by atoms with Crippen LogP contribution < -0.4 is 11.1 Å². The number of carbonyl (C=O) groups is 3. The smallest absolute Gasteiger partial charge is 0.238 e. The molecule has 0 aliphatic carbocycles. The van der Waals surface area contributed by atoms with E-state index in [1.165, 1.54) is 29.1 Å². The number of nitrogens with two attached hydrogens (primary N) is 1. The van der Waals surface area contributed by atoms with E-state index in [9.17, 15) is 14.4 Å². The fourth-order valence-corrected chi connectivity index (χ4v) is 3.79. The van der Waals surface area contributed by atoms with Gasteiger partial charge in [0.25, 0.3) is 0 Å². The van der Waals surface area contributed by atoms with Gasteiger partial charge in [-0.2, -0.15) is 0 Å². The van der Waals surface area contributed by atoms with E-state index in [1.807, 2.05) is 51.3 Å². The number of hydrogen-bond donors (Lipinski definition) is 2. The fraction of sp³-hybridized carbons (Fsp3) is 0.526. The molecule has 1 aliphatic heterocycles. The molecule has 148 valence electrons. The summed E-state index contributed by atoms with van der Waals surface area (Å²) in [6.07, 6.45) is 1.88. The van der Waals surface area contributed by atoms with Crippen LogP contribution in [-0.4, -0.2) is 59.0 Å². The maximum Gasteiger partial charge on any atom is 0.238 e. The summed E-state index contributed by atoms with van der Waals surface area (Å²) in [6.45, 7) is 6.37.